The molecule has 0 aliphatic rings. The molecule has 1 N–H and O–H groups in total. The van der Waals surface area contributed by atoms with Crippen LogP contribution in [0.15, 0.2) is 108 Å². The third kappa shape index (κ3) is 8.84. The highest BCUT2D eigenvalue weighted by Crippen LogP contribution is 2.33. The number of nitrogens with one attached hydrogen (secondary N) is 1. The van der Waals surface area contributed by atoms with Crippen LogP contribution in [0.3, 0.4) is 0 Å². The van der Waals surface area contributed by atoms with Crippen LogP contribution in [0.2, 0.25) is 10.0 Å². The molecule has 4 aromatic rings. The molecule has 4 rings (SSSR count). The normalized spacial score (nSPS) is 12.0. The highest BCUT2D eigenvalue weighted by Gasteiger charge is 2.35. The van der Waals surface area contributed by atoms with Gasteiger partial charge in [0.2, 0.25) is 11.8 Å². The van der Waals surface area contributed by atoms with Crippen molar-refractivity contribution in [3.05, 3.63) is 130 Å². The summed E-state index contributed by atoms with van der Waals surface area (Å²) in [6.07, 6.45) is 0.109. The minimum absolute atomic E-state index is 0.00553. The minimum atomic E-state index is -4.34. The Bertz CT molecular complexity index is 1720. The zero-order chi connectivity index (χ0) is 32.6. The number of nitrogens with zero attached hydrogens (tertiary/aromatic N) is 2. The first kappa shape index (κ1) is 34.0. The van der Waals surface area contributed by atoms with Gasteiger partial charge in [0.1, 0.15) is 18.4 Å². The van der Waals surface area contributed by atoms with Crippen molar-refractivity contribution in [2.45, 2.75) is 37.8 Å². The first-order chi connectivity index (χ1) is 21.5. The third-order valence-corrected chi connectivity index (χ3v) is 9.35. The average molecular weight is 671 g/mol. The number of halogens is 3. The highest BCUT2D eigenvalue weighted by atomic mass is 35.5. The summed E-state index contributed by atoms with van der Waals surface area (Å²) < 4.78 is 44.0. The SMILES string of the molecule is CC(C)CNC(=O)[C@@H](Cc1ccccc1)N(Cc1ccccc1F)C(=O)CN(c1ccc(Cl)cc1Cl)S(=O)(=O)c1ccccc1. The van der Waals surface area contributed by atoms with Crippen LogP contribution in [-0.2, 0) is 32.6 Å². The van der Waals surface area contributed by atoms with Gasteiger partial charge in [-0.05, 0) is 47.9 Å². The maximum absolute atomic E-state index is 15.0. The lowest BCUT2D eigenvalue weighted by molar-refractivity contribution is -0.140. The number of benzene rings is 4. The van der Waals surface area contributed by atoms with E-state index in [0.29, 0.717) is 6.54 Å². The summed E-state index contributed by atoms with van der Waals surface area (Å²) in [5.41, 5.74) is 0.957. The maximum atomic E-state index is 15.0. The van der Waals surface area contributed by atoms with E-state index in [2.05, 4.69) is 5.32 Å². The van der Waals surface area contributed by atoms with Gasteiger partial charge >= 0.3 is 0 Å². The molecule has 0 spiro atoms. The molecule has 1 atom stereocenters. The molecular weight excluding hydrogens is 636 g/mol. The quantitative estimate of drug-likeness (QED) is 0.171. The molecule has 0 radical (unpaired) electrons. The van der Waals surface area contributed by atoms with E-state index in [0.717, 1.165) is 9.87 Å². The lowest BCUT2D eigenvalue weighted by Gasteiger charge is -2.34. The van der Waals surface area contributed by atoms with Gasteiger partial charge in [-0.2, -0.15) is 0 Å². The zero-order valence-electron chi connectivity index (χ0n) is 24.9. The van der Waals surface area contributed by atoms with Crippen molar-refractivity contribution in [1.82, 2.24) is 10.2 Å². The van der Waals surface area contributed by atoms with Gasteiger partial charge in [-0.1, -0.05) is 104 Å². The first-order valence-electron chi connectivity index (χ1n) is 14.3. The van der Waals surface area contributed by atoms with Crippen molar-refractivity contribution >= 4 is 50.7 Å². The number of hydrogen-bond acceptors (Lipinski definition) is 4. The Morgan fingerprint density at radius 1 is 0.867 bits per heavy atom. The second-order valence-electron chi connectivity index (χ2n) is 10.9. The summed E-state index contributed by atoms with van der Waals surface area (Å²) in [7, 11) is -4.34. The summed E-state index contributed by atoms with van der Waals surface area (Å²) in [6.45, 7) is 3.22. The molecule has 0 aromatic heterocycles. The van der Waals surface area contributed by atoms with Crippen LogP contribution in [0.25, 0.3) is 0 Å². The van der Waals surface area contributed by atoms with Crippen LogP contribution in [0.4, 0.5) is 10.1 Å². The molecule has 0 fully saturated rings. The number of rotatable bonds is 13. The number of anilines is 1. The van der Waals surface area contributed by atoms with Crippen LogP contribution in [0, 0.1) is 11.7 Å². The Hall–Kier alpha value is -3.92. The molecule has 236 valence electrons. The summed E-state index contributed by atoms with van der Waals surface area (Å²) in [6, 6.07) is 25.9. The number of hydrogen-bond donors (Lipinski definition) is 1. The molecule has 4 aromatic carbocycles. The van der Waals surface area contributed by atoms with E-state index in [9.17, 15) is 18.0 Å². The number of amides is 2. The standard InChI is InChI=1S/C34H34Cl2FN3O4S/c1-24(2)21-38-34(42)32(19-25-11-5-3-6-12-25)39(22-26-13-9-10-16-30(26)37)33(41)23-40(31-18-17-27(35)20-29(31)36)45(43,44)28-14-7-4-8-15-28/h3-18,20,24,32H,19,21-23H2,1-2H3,(H,38,42)/t32-/m1/s1. The topological polar surface area (TPSA) is 86.8 Å². The molecule has 0 bridgehead atoms. The van der Waals surface area contributed by atoms with Crippen molar-refractivity contribution in [1.29, 1.82) is 0 Å². The molecular formula is C34H34Cl2FN3O4S. The van der Waals surface area contributed by atoms with E-state index >= 15 is 4.39 Å². The fraction of sp³-hybridized carbons (Fsp3) is 0.235. The van der Waals surface area contributed by atoms with Crippen LogP contribution < -0.4 is 9.62 Å². The molecule has 0 saturated carbocycles. The van der Waals surface area contributed by atoms with Crippen molar-refractivity contribution in [2.75, 3.05) is 17.4 Å². The van der Waals surface area contributed by atoms with Gasteiger partial charge in [-0.25, -0.2) is 12.8 Å². The van der Waals surface area contributed by atoms with Gasteiger partial charge in [-0.3, -0.25) is 13.9 Å². The van der Waals surface area contributed by atoms with Gasteiger partial charge in [0, 0.05) is 30.1 Å². The van der Waals surface area contributed by atoms with Crippen LogP contribution >= 0.6 is 23.2 Å². The van der Waals surface area contributed by atoms with Crippen molar-refractivity contribution in [2.24, 2.45) is 5.92 Å². The van der Waals surface area contributed by atoms with Gasteiger partial charge in [0.05, 0.1) is 15.6 Å². The van der Waals surface area contributed by atoms with Crippen molar-refractivity contribution in [3.63, 3.8) is 0 Å². The van der Waals surface area contributed by atoms with Gasteiger partial charge < -0.3 is 10.2 Å². The van der Waals surface area contributed by atoms with E-state index in [-0.39, 0.29) is 45.1 Å². The average Bonchev–Trinajstić information content (AvgIpc) is 3.02. The van der Waals surface area contributed by atoms with Gasteiger partial charge in [-0.15, -0.1) is 0 Å². The predicted molar refractivity (Wildman–Crippen MR) is 176 cm³/mol. The lowest BCUT2D eigenvalue weighted by Crippen LogP contribution is -2.53. The third-order valence-electron chi connectivity index (χ3n) is 7.04. The fourth-order valence-corrected chi connectivity index (χ4v) is 6.72. The molecule has 0 aliphatic heterocycles. The van der Waals surface area contributed by atoms with E-state index < -0.39 is 40.2 Å². The Balaban J connectivity index is 1.82. The predicted octanol–water partition coefficient (Wildman–Crippen LogP) is 6.74. The molecule has 2 amide bonds. The summed E-state index contributed by atoms with van der Waals surface area (Å²) in [5, 5.41) is 3.18. The van der Waals surface area contributed by atoms with E-state index in [4.69, 9.17) is 23.2 Å². The molecule has 11 heteroatoms. The summed E-state index contributed by atoms with van der Waals surface area (Å²) in [4.78, 5) is 29.4. The van der Waals surface area contributed by atoms with Crippen molar-refractivity contribution < 1.29 is 22.4 Å². The largest absolute Gasteiger partial charge is 0.354 e. The van der Waals surface area contributed by atoms with Gasteiger partial charge in [0.15, 0.2) is 0 Å². The summed E-state index contributed by atoms with van der Waals surface area (Å²) >= 11 is 12.6. The second-order valence-corrected chi connectivity index (χ2v) is 13.6. The molecule has 0 heterocycles. The van der Waals surface area contributed by atoms with Crippen molar-refractivity contribution in [3.8, 4) is 0 Å². The van der Waals surface area contributed by atoms with Crippen LogP contribution in [0.5, 0.6) is 0 Å². The molecule has 7 nitrogen and oxygen atoms in total. The Labute approximate surface area is 273 Å². The number of carbonyl (C=O) groups is 2. The van der Waals surface area contributed by atoms with E-state index in [1.807, 2.05) is 44.2 Å². The van der Waals surface area contributed by atoms with Crippen LogP contribution in [-0.4, -0.2) is 44.3 Å². The first-order valence-corrected chi connectivity index (χ1v) is 16.5. The van der Waals surface area contributed by atoms with Gasteiger partial charge in [0.25, 0.3) is 10.0 Å². The fourth-order valence-electron chi connectivity index (χ4n) is 4.70. The zero-order valence-corrected chi connectivity index (χ0v) is 27.2. The summed E-state index contributed by atoms with van der Waals surface area (Å²) in [5.74, 6) is -1.62. The maximum Gasteiger partial charge on any atom is 0.264 e. The minimum Gasteiger partial charge on any atom is -0.354 e. The Morgan fingerprint density at radius 2 is 1.49 bits per heavy atom. The molecule has 0 saturated heterocycles. The van der Waals surface area contributed by atoms with E-state index in [1.165, 1.54) is 53.4 Å². The monoisotopic (exact) mass is 669 g/mol. The molecule has 0 aliphatic carbocycles. The van der Waals surface area contributed by atoms with Crippen LogP contribution in [0.1, 0.15) is 25.0 Å². The molecule has 0 unspecified atom stereocenters. The smallest absolute Gasteiger partial charge is 0.264 e. The highest BCUT2D eigenvalue weighted by molar-refractivity contribution is 7.92. The lowest BCUT2D eigenvalue weighted by atomic mass is 10.0. The second kappa shape index (κ2) is 15.4. The van der Waals surface area contributed by atoms with E-state index in [1.54, 1.807) is 24.3 Å². The Kier molecular flexibility index (Phi) is 11.6. The number of sulfonamides is 1. The number of carbonyl (C=O) groups excluding carboxylic acids is 2. The molecule has 45 heavy (non-hydrogen) atoms. The Morgan fingerprint density at radius 3 is 2.11 bits per heavy atom.